The molecule has 0 amide bonds. The molecule has 1 aliphatic carbocycles. The molecule has 3 N–H and O–H groups in total. The van der Waals surface area contributed by atoms with Crippen molar-refractivity contribution >= 4 is 17.2 Å². The summed E-state index contributed by atoms with van der Waals surface area (Å²) in [7, 11) is 0. The van der Waals surface area contributed by atoms with Gasteiger partial charge in [-0.3, -0.25) is 0 Å². The van der Waals surface area contributed by atoms with Gasteiger partial charge in [0.15, 0.2) is 0 Å². The summed E-state index contributed by atoms with van der Waals surface area (Å²) in [6.07, 6.45) is 3.70. The summed E-state index contributed by atoms with van der Waals surface area (Å²) in [5.74, 6) is -1.25. The second kappa shape index (κ2) is 10.4. The third-order valence-electron chi connectivity index (χ3n) is 5.74. The standard InChI is InChI=1S/C24H30F2N2OS/c1-3-16-7-8-18-5-4-6-22(21(18)11-16)27-14-24(29)23(28-15(2)30)12-17-9-19(25)13-20(26)10-17/h7-11,13,22-24,27,29H,3-6,12,14H2,1-2H3,(H,28,30)/t22-,23-,24+/m0/s1. The van der Waals surface area contributed by atoms with Crippen molar-refractivity contribution in [1.29, 1.82) is 0 Å². The van der Waals surface area contributed by atoms with Crippen LogP contribution in [0.1, 0.15) is 55.0 Å². The lowest BCUT2D eigenvalue weighted by Gasteiger charge is -2.30. The van der Waals surface area contributed by atoms with E-state index in [0.29, 0.717) is 17.1 Å². The first kappa shape index (κ1) is 22.8. The van der Waals surface area contributed by atoms with Gasteiger partial charge in [0.25, 0.3) is 0 Å². The fourth-order valence-corrected chi connectivity index (χ4v) is 4.36. The highest BCUT2D eigenvalue weighted by Gasteiger charge is 2.24. The molecule has 0 fully saturated rings. The van der Waals surface area contributed by atoms with Gasteiger partial charge in [-0.2, -0.15) is 0 Å². The van der Waals surface area contributed by atoms with Crippen molar-refractivity contribution < 1.29 is 13.9 Å². The maximum Gasteiger partial charge on any atom is 0.126 e. The number of hydrogen-bond donors (Lipinski definition) is 3. The molecule has 0 heterocycles. The molecule has 0 unspecified atom stereocenters. The first-order chi connectivity index (χ1) is 14.4. The van der Waals surface area contributed by atoms with Crippen LogP contribution < -0.4 is 10.6 Å². The summed E-state index contributed by atoms with van der Waals surface area (Å²) >= 11 is 5.16. The summed E-state index contributed by atoms with van der Waals surface area (Å²) in [5, 5.41) is 17.5. The van der Waals surface area contributed by atoms with Gasteiger partial charge in [-0.1, -0.05) is 37.3 Å². The minimum atomic E-state index is -0.769. The van der Waals surface area contributed by atoms with E-state index in [4.69, 9.17) is 12.2 Å². The SMILES string of the molecule is CCc1ccc2c(c1)[C@@H](NC[C@@H](O)[C@H](Cc1cc(F)cc(F)c1)NC(C)=S)CCC2. The van der Waals surface area contributed by atoms with Gasteiger partial charge in [0, 0.05) is 18.7 Å². The van der Waals surface area contributed by atoms with Crippen LogP contribution in [0, 0.1) is 11.6 Å². The molecule has 1 aliphatic rings. The molecule has 0 radical (unpaired) electrons. The molecule has 0 aliphatic heterocycles. The number of rotatable bonds is 8. The van der Waals surface area contributed by atoms with E-state index in [1.165, 1.54) is 28.8 Å². The molecule has 3 rings (SSSR count). The van der Waals surface area contributed by atoms with Gasteiger partial charge < -0.3 is 15.7 Å². The van der Waals surface area contributed by atoms with Gasteiger partial charge in [0.1, 0.15) is 11.6 Å². The molecule has 2 aromatic rings. The Morgan fingerprint density at radius 3 is 2.57 bits per heavy atom. The number of thiocarbonyl (C=S) groups is 1. The lowest BCUT2D eigenvalue weighted by atomic mass is 9.86. The summed E-state index contributed by atoms with van der Waals surface area (Å²) in [6.45, 7) is 4.24. The average Bonchev–Trinajstić information content (AvgIpc) is 2.70. The molecule has 3 nitrogen and oxygen atoms in total. The quantitative estimate of drug-likeness (QED) is 0.541. The first-order valence-electron chi connectivity index (χ1n) is 10.6. The Morgan fingerprint density at radius 1 is 1.17 bits per heavy atom. The maximum absolute atomic E-state index is 13.6. The molecule has 3 atom stereocenters. The van der Waals surface area contributed by atoms with Crippen molar-refractivity contribution in [3.63, 3.8) is 0 Å². The van der Waals surface area contributed by atoms with Crippen molar-refractivity contribution in [2.24, 2.45) is 0 Å². The van der Waals surface area contributed by atoms with E-state index in [2.05, 4.69) is 35.8 Å². The molecular formula is C24H30F2N2OS. The van der Waals surface area contributed by atoms with E-state index in [1.54, 1.807) is 6.92 Å². The molecule has 0 spiro atoms. The predicted octanol–water partition coefficient (Wildman–Crippen LogP) is 4.40. The Balaban J connectivity index is 1.69. The molecule has 0 bridgehead atoms. The third-order valence-corrected chi connectivity index (χ3v) is 5.86. The summed E-state index contributed by atoms with van der Waals surface area (Å²) in [6, 6.07) is 9.86. The molecular weight excluding hydrogens is 402 g/mol. The number of nitrogens with one attached hydrogen (secondary N) is 2. The van der Waals surface area contributed by atoms with Crippen molar-refractivity contribution in [3.8, 4) is 0 Å². The largest absolute Gasteiger partial charge is 0.390 e. The topological polar surface area (TPSA) is 44.3 Å². The van der Waals surface area contributed by atoms with Crippen molar-refractivity contribution in [3.05, 3.63) is 70.3 Å². The van der Waals surface area contributed by atoms with Crippen molar-refractivity contribution in [2.75, 3.05) is 6.54 Å². The Hall–Kier alpha value is -1.89. The monoisotopic (exact) mass is 432 g/mol. The van der Waals surface area contributed by atoms with Crippen LogP contribution in [0.4, 0.5) is 8.78 Å². The van der Waals surface area contributed by atoms with E-state index in [-0.39, 0.29) is 12.5 Å². The molecule has 0 aromatic heterocycles. The van der Waals surface area contributed by atoms with E-state index >= 15 is 0 Å². The molecule has 162 valence electrons. The van der Waals surface area contributed by atoms with Crippen LogP contribution in [-0.2, 0) is 19.3 Å². The Kier molecular flexibility index (Phi) is 7.92. The zero-order valence-corrected chi connectivity index (χ0v) is 18.4. The van der Waals surface area contributed by atoms with Crippen LogP contribution >= 0.6 is 12.2 Å². The Morgan fingerprint density at radius 2 is 1.90 bits per heavy atom. The van der Waals surface area contributed by atoms with E-state index in [1.807, 2.05) is 0 Å². The normalized spacial score (nSPS) is 17.8. The summed E-state index contributed by atoms with van der Waals surface area (Å²) in [4.78, 5) is 0.534. The van der Waals surface area contributed by atoms with E-state index < -0.39 is 23.8 Å². The first-order valence-corrected chi connectivity index (χ1v) is 11.0. The molecule has 0 saturated carbocycles. The fourth-order valence-electron chi connectivity index (χ4n) is 4.21. The maximum atomic E-state index is 13.6. The van der Waals surface area contributed by atoms with E-state index in [9.17, 15) is 13.9 Å². The highest BCUT2D eigenvalue weighted by Crippen LogP contribution is 2.30. The lowest BCUT2D eigenvalue weighted by Crippen LogP contribution is -2.48. The summed E-state index contributed by atoms with van der Waals surface area (Å²) < 4.78 is 27.1. The number of benzene rings is 2. The van der Waals surface area contributed by atoms with Gasteiger partial charge in [-0.15, -0.1) is 0 Å². The van der Waals surface area contributed by atoms with E-state index in [0.717, 1.165) is 31.7 Å². The van der Waals surface area contributed by atoms with Crippen LogP contribution in [0.25, 0.3) is 0 Å². The highest BCUT2D eigenvalue weighted by atomic mass is 32.1. The molecule has 2 aromatic carbocycles. The highest BCUT2D eigenvalue weighted by molar-refractivity contribution is 7.80. The van der Waals surface area contributed by atoms with Crippen LogP contribution in [0.3, 0.4) is 0 Å². The Bertz CT molecular complexity index is 869. The predicted molar refractivity (Wildman–Crippen MR) is 121 cm³/mol. The van der Waals surface area contributed by atoms with Crippen LogP contribution in [0.5, 0.6) is 0 Å². The number of aliphatic hydroxyl groups is 1. The zero-order chi connectivity index (χ0) is 21.7. The van der Waals surface area contributed by atoms with Gasteiger partial charge in [-0.25, -0.2) is 8.78 Å². The smallest absolute Gasteiger partial charge is 0.126 e. The second-order valence-corrected chi connectivity index (χ2v) is 8.71. The number of aliphatic hydroxyl groups excluding tert-OH is 1. The van der Waals surface area contributed by atoms with Gasteiger partial charge in [-0.05, 0) is 73.4 Å². The van der Waals surface area contributed by atoms with Crippen molar-refractivity contribution in [1.82, 2.24) is 10.6 Å². The average molecular weight is 433 g/mol. The zero-order valence-electron chi connectivity index (χ0n) is 17.6. The van der Waals surface area contributed by atoms with Gasteiger partial charge >= 0.3 is 0 Å². The van der Waals surface area contributed by atoms with Crippen LogP contribution in [-0.4, -0.2) is 28.8 Å². The summed E-state index contributed by atoms with van der Waals surface area (Å²) in [5.41, 5.74) is 4.48. The fraction of sp³-hybridized carbons (Fsp3) is 0.458. The molecule has 0 saturated heterocycles. The number of aryl methyl sites for hydroxylation is 2. The van der Waals surface area contributed by atoms with Crippen LogP contribution in [0.2, 0.25) is 0 Å². The number of hydrogen-bond acceptors (Lipinski definition) is 3. The van der Waals surface area contributed by atoms with Crippen molar-refractivity contribution in [2.45, 2.75) is 64.1 Å². The molecule has 6 heteroatoms. The minimum Gasteiger partial charge on any atom is -0.390 e. The lowest BCUT2D eigenvalue weighted by molar-refractivity contribution is 0.129. The third kappa shape index (κ3) is 6.06. The minimum absolute atomic E-state index is 0.191. The van der Waals surface area contributed by atoms with Gasteiger partial charge in [0.2, 0.25) is 0 Å². The Labute approximate surface area is 182 Å². The second-order valence-electron chi connectivity index (χ2n) is 8.10. The van der Waals surface area contributed by atoms with Crippen LogP contribution in [0.15, 0.2) is 36.4 Å². The molecule has 30 heavy (non-hydrogen) atoms. The number of fused-ring (bicyclic) bond motifs is 1. The van der Waals surface area contributed by atoms with Gasteiger partial charge in [0.05, 0.1) is 17.1 Å². The number of halogens is 2.